The lowest BCUT2D eigenvalue weighted by atomic mass is 10.1. The zero-order valence-electron chi connectivity index (χ0n) is 13.6. The lowest BCUT2D eigenvalue weighted by Gasteiger charge is -2.14. The summed E-state index contributed by atoms with van der Waals surface area (Å²) < 4.78 is 11.1. The highest BCUT2D eigenvalue weighted by molar-refractivity contribution is 5.47. The third-order valence-electron chi connectivity index (χ3n) is 3.50. The summed E-state index contributed by atoms with van der Waals surface area (Å²) in [6.07, 6.45) is 1.07. The number of hydrogen-bond donors (Lipinski definition) is 1. The van der Waals surface area contributed by atoms with Crippen molar-refractivity contribution in [1.82, 2.24) is 0 Å². The fraction of sp³-hybridized carbons (Fsp3) is 0.368. The minimum absolute atomic E-state index is 0.657. The van der Waals surface area contributed by atoms with E-state index in [1.165, 1.54) is 5.56 Å². The lowest BCUT2D eigenvalue weighted by Crippen LogP contribution is -2.06. The van der Waals surface area contributed by atoms with Gasteiger partial charge in [-0.1, -0.05) is 32.0 Å². The maximum absolute atomic E-state index is 5.91. The van der Waals surface area contributed by atoms with Gasteiger partial charge in [0, 0.05) is 17.8 Å². The van der Waals surface area contributed by atoms with Gasteiger partial charge in [-0.05, 0) is 42.7 Å². The van der Waals surface area contributed by atoms with Crippen LogP contribution in [-0.2, 0) is 6.54 Å². The first-order chi connectivity index (χ1) is 10.7. The Balaban J connectivity index is 1.93. The number of anilines is 1. The van der Waals surface area contributed by atoms with Gasteiger partial charge >= 0.3 is 0 Å². The van der Waals surface area contributed by atoms with Crippen molar-refractivity contribution in [2.45, 2.75) is 26.8 Å². The topological polar surface area (TPSA) is 30.5 Å². The molecule has 0 bridgehead atoms. The minimum atomic E-state index is 0.657. The minimum Gasteiger partial charge on any atom is -0.497 e. The largest absolute Gasteiger partial charge is 0.497 e. The van der Waals surface area contributed by atoms with Crippen LogP contribution in [0, 0.1) is 5.92 Å². The Hall–Kier alpha value is -2.16. The lowest BCUT2D eigenvalue weighted by molar-refractivity contribution is 0.287. The summed E-state index contributed by atoms with van der Waals surface area (Å²) in [5.74, 6) is 2.48. The van der Waals surface area contributed by atoms with E-state index in [-0.39, 0.29) is 0 Å². The van der Waals surface area contributed by atoms with Gasteiger partial charge in [0.2, 0.25) is 0 Å². The van der Waals surface area contributed by atoms with Gasteiger partial charge in [-0.15, -0.1) is 0 Å². The zero-order chi connectivity index (χ0) is 15.8. The highest BCUT2D eigenvalue weighted by atomic mass is 16.5. The SMILES string of the molecule is COc1ccc(NCc2ccccc2OCCC(C)C)cc1. The van der Waals surface area contributed by atoms with Crippen molar-refractivity contribution in [2.24, 2.45) is 5.92 Å². The highest BCUT2D eigenvalue weighted by Crippen LogP contribution is 2.21. The molecule has 0 saturated heterocycles. The summed E-state index contributed by atoms with van der Waals surface area (Å²) >= 11 is 0. The molecule has 0 heterocycles. The van der Waals surface area contributed by atoms with E-state index in [4.69, 9.17) is 9.47 Å². The van der Waals surface area contributed by atoms with Gasteiger partial charge in [0.05, 0.1) is 13.7 Å². The Morgan fingerprint density at radius 3 is 2.41 bits per heavy atom. The maximum atomic E-state index is 5.91. The van der Waals surface area contributed by atoms with E-state index in [9.17, 15) is 0 Å². The normalized spacial score (nSPS) is 10.5. The fourth-order valence-corrected chi connectivity index (χ4v) is 2.10. The van der Waals surface area contributed by atoms with Crippen molar-refractivity contribution < 1.29 is 9.47 Å². The summed E-state index contributed by atoms with van der Waals surface area (Å²) in [6.45, 7) is 5.92. The Bertz CT molecular complexity index is 564. The van der Waals surface area contributed by atoms with Crippen LogP contribution in [0.15, 0.2) is 48.5 Å². The highest BCUT2D eigenvalue weighted by Gasteiger charge is 2.04. The first-order valence-electron chi connectivity index (χ1n) is 7.77. The van der Waals surface area contributed by atoms with E-state index in [2.05, 4.69) is 25.2 Å². The molecule has 2 aromatic rings. The number of nitrogens with one attached hydrogen (secondary N) is 1. The third kappa shape index (κ3) is 4.99. The second kappa shape index (κ2) is 8.32. The number of para-hydroxylation sites is 1. The van der Waals surface area contributed by atoms with Crippen molar-refractivity contribution in [1.29, 1.82) is 0 Å². The molecule has 3 nitrogen and oxygen atoms in total. The zero-order valence-corrected chi connectivity index (χ0v) is 13.6. The van der Waals surface area contributed by atoms with Crippen LogP contribution in [0.5, 0.6) is 11.5 Å². The van der Waals surface area contributed by atoms with Crippen LogP contribution in [0.3, 0.4) is 0 Å². The Kier molecular flexibility index (Phi) is 6.13. The van der Waals surface area contributed by atoms with Gasteiger partial charge in [-0.25, -0.2) is 0 Å². The molecule has 0 aliphatic rings. The Labute approximate surface area is 133 Å². The molecule has 0 amide bonds. The van der Waals surface area contributed by atoms with Crippen molar-refractivity contribution in [2.75, 3.05) is 19.0 Å². The molecule has 1 N–H and O–H groups in total. The molecule has 118 valence electrons. The number of benzene rings is 2. The third-order valence-corrected chi connectivity index (χ3v) is 3.50. The van der Waals surface area contributed by atoms with E-state index < -0.39 is 0 Å². The Morgan fingerprint density at radius 1 is 1.00 bits per heavy atom. The molecule has 3 heteroatoms. The number of ether oxygens (including phenoxy) is 2. The molecular weight excluding hydrogens is 274 g/mol. The van der Waals surface area contributed by atoms with Crippen molar-refractivity contribution in [3.05, 3.63) is 54.1 Å². The van der Waals surface area contributed by atoms with Gasteiger partial charge in [-0.3, -0.25) is 0 Å². The van der Waals surface area contributed by atoms with Gasteiger partial charge in [0.15, 0.2) is 0 Å². The molecule has 0 atom stereocenters. The monoisotopic (exact) mass is 299 g/mol. The summed E-state index contributed by atoms with van der Waals surface area (Å²) in [7, 11) is 1.67. The van der Waals surface area contributed by atoms with Crippen LogP contribution < -0.4 is 14.8 Å². The predicted molar refractivity (Wildman–Crippen MR) is 91.7 cm³/mol. The molecule has 0 aromatic heterocycles. The van der Waals surface area contributed by atoms with E-state index in [0.29, 0.717) is 5.92 Å². The first-order valence-corrected chi connectivity index (χ1v) is 7.77. The molecule has 0 aliphatic heterocycles. The van der Waals surface area contributed by atoms with Gasteiger partial charge < -0.3 is 14.8 Å². The number of rotatable bonds is 8. The van der Waals surface area contributed by atoms with Gasteiger partial charge in [0.25, 0.3) is 0 Å². The van der Waals surface area contributed by atoms with Crippen LogP contribution in [0.25, 0.3) is 0 Å². The van der Waals surface area contributed by atoms with Crippen LogP contribution in [0.4, 0.5) is 5.69 Å². The molecule has 0 spiro atoms. The summed E-state index contributed by atoms with van der Waals surface area (Å²) in [5.41, 5.74) is 2.24. The summed E-state index contributed by atoms with van der Waals surface area (Å²) in [5, 5.41) is 3.42. The Morgan fingerprint density at radius 2 is 1.73 bits per heavy atom. The molecule has 22 heavy (non-hydrogen) atoms. The average Bonchev–Trinajstić information content (AvgIpc) is 2.54. The van der Waals surface area contributed by atoms with Crippen molar-refractivity contribution in [3.8, 4) is 11.5 Å². The van der Waals surface area contributed by atoms with E-state index in [1.807, 2.05) is 42.5 Å². The van der Waals surface area contributed by atoms with Crippen LogP contribution in [-0.4, -0.2) is 13.7 Å². The van der Waals surface area contributed by atoms with E-state index in [1.54, 1.807) is 7.11 Å². The summed E-state index contributed by atoms with van der Waals surface area (Å²) in [4.78, 5) is 0. The van der Waals surface area contributed by atoms with Gasteiger partial charge in [0.1, 0.15) is 11.5 Å². The molecule has 0 unspecified atom stereocenters. The predicted octanol–water partition coefficient (Wildman–Crippen LogP) is 4.73. The fourth-order valence-electron chi connectivity index (χ4n) is 2.10. The summed E-state index contributed by atoms with van der Waals surface area (Å²) in [6, 6.07) is 16.1. The molecule has 0 aliphatic carbocycles. The van der Waals surface area contributed by atoms with Crippen molar-refractivity contribution in [3.63, 3.8) is 0 Å². The maximum Gasteiger partial charge on any atom is 0.124 e. The number of methoxy groups -OCH3 is 1. The second-order valence-electron chi connectivity index (χ2n) is 5.72. The molecular formula is C19H25NO2. The molecule has 0 fully saturated rings. The van der Waals surface area contributed by atoms with E-state index in [0.717, 1.165) is 36.8 Å². The van der Waals surface area contributed by atoms with Gasteiger partial charge in [-0.2, -0.15) is 0 Å². The van der Waals surface area contributed by atoms with E-state index >= 15 is 0 Å². The molecule has 0 radical (unpaired) electrons. The quantitative estimate of drug-likeness (QED) is 0.764. The average molecular weight is 299 g/mol. The second-order valence-corrected chi connectivity index (χ2v) is 5.72. The number of hydrogen-bond acceptors (Lipinski definition) is 3. The molecule has 2 aromatic carbocycles. The van der Waals surface area contributed by atoms with Crippen LogP contribution in [0.2, 0.25) is 0 Å². The van der Waals surface area contributed by atoms with Crippen LogP contribution in [0.1, 0.15) is 25.8 Å². The first kappa shape index (κ1) is 16.2. The standard InChI is InChI=1S/C19H25NO2/c1-15(2)12-13-22-19-7-5-4-6-16(19)14-20-17-8-10-18(21-3)11-9-17/h4-11,15,20H,12-14H2,1-3H3. The smallest absolute Gasteiger partial charge is 0.124 e. The molecule has 2 rings (SSSR count). The molecule has 0 saturated carbocycles. The van der Waals surface area contributed by atoms with Crippen molar-refractivity contribution >= 4 is 5.69 Å². The van der Waals surface area contributed by atoms with Crippen LogP contribution >= 0.6 is 0 Å².